The van der Waals surface area contributed by atoms with Crippen LogP contribution in [0, 0.1) is 0 Å². The fourth-order valence-electron chi connectivity index (χ4n) is 1.61. The minimum Gasteiger partial charge on any atom is -0.388 e. The maximum absolute atomic E-state index is 10.1. The zero-order chi connectivity index (χ0) is 10.0. The Bertz CT molecular complexity index is 308. The average Bonchev–Trinajstić information content (AvgIpc) is 2.57. The van der Waals surface area contributed by atoms with Gasteiger partial charge in [-0.2, -0.15) is 0 Å². The van der Waals surface area contributed by atoms with E-state index in [2.05, 4.69) is 31.2 Å². The third-order valence-electron chi connectivity index (χ3n) is 2.38. The van der Waals surface area contributed by atoms with E-state index >= 15 is 0 Å². The SMILES string of the molecule is OC1(Cc2ncc(Br)cn2)CCNC1. The molecule has 1 aromatic rings. The van der Waals surface area contributed by atoms with E-state index in [1.165, 1.54) is 0 Å². The van der Waals surface area contributed by atoms with Crippen molar-refractivity contribution in [2.45, 2.75) is 18.4 Å². The summed E-state index contributed by atoms with van der Waals surface area (Å²) in [6.45, 7) is 1.50. The molecule has 0 bridgehead atoms. The first kappa shape index (κ1) is 10.0. The second-order valence-electron chi connectivity index (χ2n) is 3.65. The van der Waals surface area contributed by atoms with Crippen LogP contribution in [0.3, 0.4) is 0 Å². The molecule has 5 heteroatoms. The summed E-state index contributed by atoms with van der Waals surface area (Å²) >= 11 is 3.27. The number of aliphatic hydroxyl groups is 1. The number of nitrogens with zero attached hydrogens (tertiary/aromatic N) is 2. The summed E-state index contributed by atoms with van der Waals surface area (Å²) in [7, 11) is 0. The molecule has 1 aromatic heterocycles. The van der Waals surface area contributed by atoms with Gasteiger partial charge in [0, 0.05) is 25.4 Å². The van der Waals surface area contributed by atoms with Crippen molar-refractivity contribution in [2.24, 2.45) is 0 Å². The Morgan fingerprint density at radius 1 is 1.50 bits per heavy atom. The smallest absolute Gasteiger partial charge is 0.131 e. The average molecular weight is 258 g/mol. The minimum absolute atomic E-state index is 0.521. The highest BCUT2D eigenvalue weighted by Crippen LogP contribution is 2.18. The summed E-state index contributed by atoms with van der Waals surface area (Å²) < 4.78 is 0.859. The Kier molecular flexibility index (Phi) is 2.80. The van der Waals surface area contributed by atoms with Gasteiger partial charge in [-0.3, -0.25) is 0 Å². The summed E-state index contributed by atoms with van der Waals surface area (Å²) in [5.41, 5.74) is -0.659. The van der Waals surface area contributed by atoms with E-state index in [1.807, 2.05) is 0 Å². The number of nitrogens with one attached hydrogen (secondary N) is 1. The predicted molar refractivity (Wildman–Crippen MR) is 55.9 cm³/mol. The number of aromatic nitrogens is 2. The number of halogens is 1. The van der Waals surface area contributed by atoms with Crippen LogP contribution in [0.2, 0.25) is 0 Å². The highest BCUT2D eigenvalue weighted by atomic mass is 79.9. The van der Waals surface area contributed by atoms with Crippen molar-refractivity contribution in [3.63, 3.8) is 0 Å². The van der Waals surface area contributed by atoms with E-state index in [4.69, 9.17) is 0 Å². The highest BCUT2D eigenvalue weighted by molar-refractivity contribution is 9.10. The summed E-state index contributed by atoms with van der Waals surface area (Å²) in [6.07, 6.45) is 4.70. The first-order valence-electron chi connectivity index (χ1n) is 4.57. The lowest BCUT2D eigenvalue weighted by atomic mass is 9.99. The Hall–Kier alpha value is -0.520. The molecule has 0 amide bonds. The van der Waals surface area contributed by atoms with Crippen LogP contribution in [-0.2, 0) is 6.42 Å². The molecular weight excluding hydrogens is 246 g/mol. The van der Waals surface area contributed by atoms with Gasteiger partial charge in [-0.15, -0.1) is 0 Å². The minimum atomic E-state index is -0.659. The summed E-state index contributed by atoms with van der Waals surface area (Å²) in [6, 6.07) is 0. The summed E-state index contributed by atoms with van der Waals surface area (Å²) in [5.74, 6) is 0.694. The van der Waals surface area contributed by atoms with E-state index < -0.39 is 5.60 Å². The predicted octanol–water partition coefficient (Wildman–Crippen LogP) is 0.506. The molecule has 0 spiro atoms. The molecule has 4 nitrogen and oxygen atoms in total. The van der Waals surface area contributed by atoms with E-state index in [9.17, 15) is 5.11 Å². The zero-order valence-electron chi connectivity index (χ0n) is 7.70. The molecule has 2 N–H and O–H groups in total. The van der Waals surface area contributed by atoms with Gasteiger partial charge >= 0.3 is 0 Å². The van der Waals surface area contributed by atoms with Crippen LogP contribution in [0.4, 0.5) is 0 Å². The van der Waals surface area contributed by atoms with Crippen LogP contribution in [0.1, 0.15) is 12.2 Å². The Balaban J connectivity index is 2.06. The maximum atomic E-state index is 10.1. The third kappa shape index (κ3) is 2.29. The van der Waals surface area contributed by atoms with Crippen LogP contribution < -0.4 is 5.32 Å². The normalized spacial score (nSPS) is 26.7. The lowest BCUT2D eigenvalue weighted by Crippen LogP contribution is -2.34. The van der Waals surface area contributed by atoms with Crippen molar-refractivity contribution in [1.82, 2.24) is 15.3 Å². The molecule has 14 heavy (non-hydrogen) atoms. The van der Waals surface area contributed by atoms with Gasteiger partial charge in [0.1, 0.15) is 5.82 Å². The van der Waals surface area contributed by atoms with E-state index in [-0.39, 0.29) is 0 Å². The van der Waals surface area contributed by atoms with Gasteiger partial charge in [0.2, 0.25) is 0 Å². The Morgan fingerprint density at radius 2 is 2.21 bits per heavy atom. The van der Waals surface area contributed by atoms with Crippen molar-refractivity contribution in [1.29, 1.82) is 0 Å². The molecule has 2 heterocycles. The molecule has 1 unspecified atom stereocenters. The van der Waals surface area contributed by atoms with Crippen molar-refractivity contribution in [2.75, 3.05) is 13.1 Å². The zero-order valence-corrected chi connectivity index (χ0v) is 9.29. The lowest BCUT2D eigenvalue weighted by Gasteiger charge is -2.19. The molecule has 0 aliphatic carbocycles. The standard InChI is InChI=1S/C9H12BrN3O/c10-7-4-12-8(13-5-7)3-9(14)1-2-11-6-9/h4-5,11,14H,1-3,6H2. The molecule has 1 aliphatic rings. The first-order chi connectivity index (χ1) is 6.68. The van der Waals surface area contributed by atoms with E-state index in [0.29, 0.717) is 18.8 Å². The maximum Gasteiger partial charge on any atom is 0.131 e. The van der Waals surface area contributed by atoms with Crippen molar-refractivity contribution in [3.05, 3.63) is 22.7 Å². The van der Waals surface area contributed by atoms with Gasteiger partial charge in [-0.05, 0) is 28.9 Å². The molecule has 0 radical (unpaired) electrons. The third-order valence-corrected chi connectivity index (χ3v) is 2.79. The van der Waals surface area contributed by atoms with Crippen LogP contribution in [0.15, 0.2) is 16.9 Å². The molecule has 76 valence electrons. The fourth-order valence-corrected chi connectivity index (χ4v) is 1.81. The Labute approximate surface area is 90.9 Å². The molecular formula is C9H12BrN3O. The molecule has 1 atom stereocenters. The van der Waals surface area contributed by atoms with Crippen molar-refractivity contribution in [3.8, 4) is 0 Å². The topological polar surface area (TPSA) is 58.0 Å². The summed E-state index contributed by atoms with van der Waals surface area (Å²) in [4.78, 5) is 8.28. The molecule has 1 saturated heterocycles. The van der Waals surface area contributed by atoms with Gasteiger partial charge in [0.25, 0.3) is 0 Å². The van der Waals surface area contributed by atoms with Crippen LogP contribution >= 0.6 is 15.9 Å². The fraction of sp³-hybridized carbons (Fsp3) is 0.556. The van der Waals surface area contributed by atoms with Gasteiger partial charge in [-0.1, -0.05) is 0 Å². The molecule has 1 aliphatic heterocycles. The first-order valence-corrected chi connectivity index (χ1v) is 5.37. The second-order valence-corrected chi connectivity index (χ2v) is 4.56. The highest BCUT2D eigenvalue weighted by Gasteiger charge is 2.31. The molecule has 0 saturated carbocycles. The molecule has 0 aromatic carbocycles. The van der Waals surface area contributed by atoms with Gasteiger partial charge in [0.05, 0.1) is 10.1 Å². The Morgan fingerprint density at radius 3 is 2.79 bits per heavy atom. The van der Waals surface area contributed by atoms with Crippen LogP contribution in [-0.4, -0.2) is 33.8 Å². The van der Waals surface area contributed by atoms with Crippen LogP contribution in [0.5, 0.6) is 0 Å². The van der Waals surface area contributed by atoms with Gasteiger partial charge in [0.15, 0.2) is 0 Å². The molecule has 2 rings (SSSR count). The lowest BCUT2D eigenvalue weighted by molar-refractivity contribution is 0.0598. The molecule has 1 fully saturated rings. The number of hydrogen-bond acceptors (Lipinski definition) is 4. The number of β-amino-alcohol motifs (C(OH)–C–C–N with tert-alkyl or cyclic N) is 1. The van der Waals surface area contributed by atoms with E-state index in [0.717, 1.165) is 17.4 Å². The van der Waals surface area contributed by atoms with Crippen molar-refractivity contribution < 1.29 is 5.11 Å². The quantitative estimate of drug-likeness (QED) is 0.811. The van der Waals surface area contributed by atoms with Gasteiger partial charge in [-0.25, -0.2) is 9.97 Å². The van der Waals surface area contributed by atoms with Gasteiger partial charge < -0.3 is 10.4 Å². The monoisotopic (exact) mass is 257 g/mol. The number of hydrogen-bond donors (Lipinski definition) is 2. The second kappa shape index (κ2) is 3.92. The summed E-state index contributed by atoms with van der Waals surface area (Å²) in [5, 5.41) is 13.2. The largest absolute Gasteiger partial charge is 0.388 e. The number of rotatable bonds is 2. The van der Waals surface area contributed by atoms with Crippen LogP contribution in [0.25, 0.3) is 0 Å². The van der Waals surface area contributed by atoms with E-state index in [1.54, 1.807) is 12.4 Å². The van der Waals surface area contributed by atoms with Crippen molar-refractivity contribution >= 4 is 15.9 Å².